The molecule has 0 aliphatic heterocycles. The Balaban J connectivity index is 2.17. The summed E-state index contributed by atoms with van der Waals surface area (Å²) in [6.45, 7) is 8.18. The van der Waals surface area contributed by atoms with Gasteiger partial charge in [0, 0.05) is 30.8 Å². The van der Waals surface area contributed by atoms with Gasteiger partial charge < -0.3 is 15.5 Å². The van der Waals surface area contributed by atoms with Crippen molar-refractivity contribution in [2.24, 2.45) is 5.73 Å². The van der Waals surface area contributed by atoms with Crippen molar-refractivity contribution in [3.05, 3.63) is 71.3 Å². The van der Waals surface area contributed by atoms with Crippen molar-refractivity contribution < 1.29 is 9.59 Å². The maximum Gasteiger partial charge on any atom is 0.254 e. The summed E-state index contributed by atoms with van der Waals surface area (Å²) < 4.78 is 0. The van der Waals surface area contributed by atoms with Crippen LogP contribution in [0, 0.1) is 0 Å². The minimum atomic E-state index is -0.494. The molecule has 26 heavy (non-hydrogen) atoms. The third-order valence-corrected chi connectivity index (χ3v) is 4.50. The summed E-state index contributed by atoms with van der Waals surface area (Å²) in [5, 5.41) is 0. The van der Waals surface area contributed by atoms with Crippen molar-refractivity contribution in [1.29, 1.82) is 0 Å². The number of nitrogens with two attached hydrogens (primary N) is 1. The lowest BCUT2D eigenvalue weighted by molar-refractivity contribution is 0.0723. The van der Waals surface area contributed by atoms with Crippen LogP contribution in [0.3, 0.4) is 0 Å². The van der Waals surface area contributed by atoms with E-state index in [2.05, 4.69) is 18.7 Å². The highest BCUT2D eigenvalue weighted by Crippen LogP contribution is 2.12. The number of benzene rings is 2. The Labute approximate surface area is 155 Å². The van der Waals surface area contributed by atoms with Crippen LogP contribution in [0.1, 0.15) is 40.1 Å². The van der Waals surface area contributed by atoms with E-state index in [1.165, 1.54) is 0 Å². The molecular weight excluding hydrogens is 326 g/mol. The molecule has 5 heteroatoms. The summed E-state index contributed by atoms with van der Waals surface area (Å²) in [5.41, 5.74) is 7.33. The van der Waals surface area contributed by atoms with Crippen molar-refractivity contribution >= 4 is 11.8 Å². The summed E-state index contributed by atoms with van der Waals surface area (Å²) in [5.74, 6) is -0.538. The highest BCUT2D eigenvalue weighted by molar-refractivity contribution is 5.97. The van der Waals surface area contributed by atoms with Crippen molar-refractivity contribution in [1.82, 2.24) is 9.80 Å². The smallest absolute Gasteiger partial charge is 0.254 e. The molecule has 2 rings (SSSR count). The molecule has 0 fully saturated rings. The normalized spacial score (nSPS) is 10.7. The molecule has 0 atom stereocenters. The number of primary amides is 1. The Kier molecular flexibility index (Phi) is 7.36. The Hall–Kier alpha value is -2.66. The number of amides is 2. The summed E-state index contributed by atoms with van der Waals surface area (Å²) in [6.07, 6.45) is 0. The lowest BCUT2D eigenvalue weighted by Gasteiger charge is -2.27. The lowest BCUT2D eigenvalue weighted by Crippen LogP contribution is -2.38. The number of carbonyl (C=O) groups is 2. The molecule has 0 heterocycles. The predicted octanol–water partition coefficient (Wildman–Crippen LogP) is 2.77. The first-order chi connectivity index (χ1) is 12.5. The Morgan fingerprint density at radius 3 is 1.96 bits per heavy atom. The molecule has 0 aliphatic carbocycles. The zero-order valence-electron chi connectivity index (χ0n) is 15.5. The van der Waals surface area contributed by atoms with E-state index in [0.29, 0.717) is 24.2 Å². The van der Waals surface area contributed by atoms with Gasteiger partial charge in [-0.2, -0.15) is 0 Å². The Bertz CT molecular complexity index is 710. The fourth-order valence-electron chi connectivity index (χ4n) is 2.82. The van der Waals surface area contributed by atoms with Gasteiger partial charge in [0.05, 0.1) is 0 Å². The molecule has 138 valence electrons. The van der Waals surface area contributed by atoms with Gasteiger partial charge in [0.15, 0.2) is 0 Å². The molecule has 2 N–H and O–H groups in total. The molecule has 0 bridgehead atoms. The molecule has 5 nitrogen and oxygen atoms in total. The highest BCUT2D eigenvalue weighted by atomic mass is 16.2. The van der Waals surface area contributed by atoms with Crippen molar-refractivity contribution in [3.8, 4) is 0 Å². The van der Waals surface area contributed by atoms with E-state index >= 15 is 0 Å². The first-order valence-corrected chi connectivity index (χ1v) is 9.00. The summed E-state index contributed by atoms with van der Waals surface area (Å²) in [7, 11) is 0. The first kappa shape index (κ1) is 19.7. The number of likely N-dealkylation sites (N-methyl/N-ethyl adjacent to an activating group) is 1. The van der Waals surface area contributed by atoms with Crippen molar-refractivity contribution in [3.63, 3.8) is 0 Å². The molecule has 0 spiro atoms. The van der Waals surface area contributed by atoms with Crippen LogP contribution in [-0.4, -0.2) is 47.8 Å². The zero-order valence-corrected chi connectivity index (χ0v) is 15.5. The van der Waals surface area contributed by atoms with E-state index < -0.39 is 5.91 Å². The van der Waals surface area contributed by atoms with Crippen molar-refractivity contribution in [2.45, 2.75) is 20.4 Å². The average molecular weight is 353 g/mol. The van der Waals surface area contributed by atoms with Crippen LogP contribution >= 0.6 is 0 Å². The van der Waals surface area contributed by atoms with E-state index in [4.69, 9.17) is 5.73 Å². The first-order valence-electron chi connectivity index (χ1n) is 9.00. The van der Waals surface area contributed by atoms with Crippen LogP contribution < -0.4 is 5.73 Å². The molecule has 0 aliphatic rings. The van der Waals surface area contributed by atoms with Crippen LogP contribution in [-0.2, 0) is 6.54 Å². The summed E-state index contributed by atoms with van der Waals surface area (Å²) in [4.78, 5) is 28.4. The second kappa shape index (κ2) is 9.73. The standard InChI is InChI=1S/C21H27N3O2/c1-3-23(4-2)14-15-24(16-17-8-6-5-7-9-17)21(26)19-12-10-18(11-13-19)20(22)25/h5-13H,3-4,14-16H2,1-2H3,(H2,22,25). The quantitative estimate of drug-likeness (QED) is 0.754. The second-order valence-corrected chi connectivity index (χ2v) is 6.18. The van der Waals surface area contributed by atoms with E-state index in [-0.39, 0.29) is 5.91 Å². The van der Waals surface area contributed by atoms with E-state index in [9.17, 15) is 9.59 Å². The van der Waals surface area contributed by atoms with Gasteiger partial charge in [0.1, 0.15) is 0 Å². The van der Waals surface area contributed by atoms with Crippen LogP contribution in [0.5, 0.6) is 0 Å². The van der Waals surface area contributed by atoms with Crippen LogP contribution in [0.4, 0.5) is 0 Å². The van der Waals surface area contributed by atoms with Crippen molar-refractivity contribution in [2.75, 3.05) is 26.2 Å². The number of nitrogens with zero attached hydrogens (tertiary/aromatic N) is 2. The highest BCUT2D eigenvalue weighted by Gasteiger charge is 2.17. The summed E-state index contributed by atoms with van der Waals surface area (Å²) >= 11 is 0. The van der Waals surface area contributed by atoms with Gasteiger partial charge in [-0.05, 0) is 42.9 Å². The number of carbonyl (C=O) groups excluding carboxylic acids is 2. The van der Waals surface area contributed by atoms with Crippen LogP contribution in [0.2, 0.25) is 0 Å². The molecule has 0 saturated heterocycles. The van der Waals surface area contributed by atoms with Gasteiger partial charge in [0.25, 0.3) is 5.91 Å². The molecule has 0 unspecified atom stereocenters. The Morgan fingerprint density at radius 2 is 1.42 bits per heavy atom. The number of hydrogen-bond donors (Lipinski definition) is 1. The van der Waals surface area contributed by atoms with Gasteiger partial charge in [-0.3, -0.25) is 9.59 Å². The van der Waals surface area contributed by atoms with Gasteiger partial charge in [-0.15, -0.1) is 0 Å². The third-order valence-electron chi connectivity index (χ3n) is 4.50. The molecular formula is C21H27N3O2. The topological polar surface area (TPSA) is 66.6 Å². The third kappa shape index (κ3) is 5.43. The molecule has 2 aromatic carbocycles. The SMILES string of the molecule is CCN(CC)CCN(Cc1ccccc1)C(=O)c1ccc(C(N)=O)cc1. The van der Waals surface area contributed by atoms with E-state index in [0.717, 1.165) is 25.2 Å². The second-order valence-electron chi connectivity index (χ2n) is 6.18. The molecule has 0 aromatic heterocycles. The van der Waals surface area contributed by atoms with E-state index in [1.807, 2.05) is 35.2 Å². The minimum Gasteiger partial charge on any atom is -0.366 e. The van der Waals surface area contributed by atoms with E-state index in [1.54, 1.807) is 24.3 Å². The van der Waals surface area contributed by atoms with Crippen LogP contribution in [0.25, 0.3) is 0 Å². The maximum atomic E-state index is 13.0. The number of hydrogen-bond acceptors (Lipinski definition) is 3. The van der Waals surface area contributed by atoms with Gasteiger partial charge >= 0.3 is 0 Å². The maximum absolute atomic E-state index is 13.0. The molecule has 2 amide bonds. The largest absolute Gasteiger partial charge is 0.366 e. The zero-order chi connectivity index (χ0) is 18.9. The van der Waals surface area contributed by atoms with Gasteiger partial charge in [-0.25, -0.2) is 0 Å². The molecule has 0 saturated carbocycles. The minimum absolute atomic E-state index is 0.0444. The lowest BCUT2D eigenvalue weighted by atomic mass is 10.1. The molecule has 0 radical (unpaired) electrons. The van der Waals surface area contributed by atoms with Gasteiger partial charge in [0.2, 0.25) is 5.91 Å². The Morgan fingerprint density at radius 1 is 0.846 bits per heavy atom. The monoisotopic (exact) mass is 353 g/mol. The predicted molar refractivity (Wildman–Crippen MR) is 104 cm³/mol. The number of rotatable bonds is 9. The molecule has 2 aromatic rings. The van der Waals surface area contributed by atoms with Crippen LogP contribution in [0.15, 0.2) is 54.6 Å². The fourth-order valence-corrected chi connectivity index (χ4v) is 2.82. The average Bonchev–Trinajstić information content (AvgIpc) is 2.68. The fraction of sp³-hybridized carbons (Fsp3) is 0.333. The summed E-state index contributed by atoms with van der Waals surface area (Å²) in [6, 6.07) is 16.5. The van der Waals surface area contributed by atoms with Gasteiger partial charge in [-0.1, -0.05) is 44.2 Å².